The van der Waals surface area contributed by atoms with Gasteiger partial charge < -0.3 is 10.6 Å². The highest BCUT2D eigenvalue weighted by molar-refractivity contribution is 5.87. The fourth-order valence-electron chi connectivity index (χ4n) is 6.00. The molecule has 12 nitrogen and oxygen atoms in total. The SMILES string of the molecule is CC(C)CCCC(C)CCCc1cc(=O)[nH]c(NC(=O)NCCCCCCNC(=O)Nc2nc(CCCC(C)CCCC(C)C)cc(=O)[nH]2)n1. The maximum atomic E-state index is 12.4. The number of nitrogens with one attached hydrogen (secondary N) is 6. The van der Waals surface area contributed by atoms with E-state index in [-0.39, 0.29) is 23.0 Å². The van der Waals surface area contributed by atoms with Gasteiger partial charge in [-0.15, -0.1) is 0 Å². The van der Waals surface area contributed by atoms with Crippen LogP contribution in [0.15, 0.2) is 21.7 Å². The van der Waals surface area contributed by atoms with Gasteiger partial charge in [-0.2, -0.15) is 0 Å². The van der Waals surface area contributed by atoms with Gasteiger partial charge in [0.2, 0.25) is 11.9 Å². The predicted octanol–water partition coefficient (Wildman–Crippen LogP) is 7.93. The van der Waals surface area contributed by atoms with Crippen molar-refractivity contribution >= 4 is 24.0 Å². The van der Waals surface area contributed by atoms with Gasteiger partial charge >= 0.3 is 12.1 Å². The van der Waals surface area contributed by atoms with Gasteiger partial charge in [0.05, 0.1) is 0 Å². The Labute approximate surface area is 299 Å². The van der Waals surface area contributed by atoms with Gasteiger partial charge in [-0.1, -0.05) is 106 Å². The van der Waals surface area contributed by atoms with Gasteiger partial charge in [0.25, 0.3) is 11.1 Å². The van der Waals surface area contributed by atoms with Crippen LogP contribution in [-0.4, -0.2) is 45.1 Å². The number of rotatable bonds is 25. The summed E-state index contributed by atoms with van der Waals surface area (Å²) >= 11 is 0. The highest BCUT2D eigenvalue weighted by Crippen LogP contribution is 2.19. The van der Waals surface area contributed by atoms with Crippen molar-refractivity contribution in [3.8, 4) is 0 Å². The Bertz CT molecular complexity index is 1270. The third-order valence-electron chi connectivity index (χ3n) is 8.94. The molecule has 2 aromatic heterocycles. The number of urea groups is 2. The van der Waals surface area contributed by atoms with E-state index >= 15 is 0 Å². The topological polar surface area (TPSA) is 174 Å². The molecule has 6 N–H and O–H groups in total. The van der Waals surface area contributed by atoms with E-state index in [9.17, 15) is 19.2 Å². The van der Waals surface area contributed by atoms with Crippen LogP contribution in [0.3, 0.4) is 0 Å². The first kappa shape index (κ1) is 42.5. The van der Waals surface area contributed by atoms with E-state index in [0.717, 1.165) is 63.2 Å². The van der Waals surface area contributed by atoms with E-state index in [1.807, 2.05) is 0 Å². The maximum absolute atomic E-state index is 12.4. The summed E-state index contributed by atoms with van der Waals surface area (Å²) < 4.78 is 0. The number of nitrogens with zero attached hydrogens (tertiary/aromatic N) is 2. The fourth-order valence-corrected chi connectivity index (χ4v) is 6.00. The highest BCUT2D eigenvalue weighted by atomic mass is 16.2. The molecular weight excluding hydrogens is 632 g/mol. The molecule has 0 saturated heterocycles. The number of unbranched alkanes of at least 4 members (excludes halogenated alkanes) is 3. The molecule has 0 aliphatic heterocycles. The molecular formula is C38H66N8O4. The van der Waals surface area contributed by atoms with Gasteiger partial charge in [0, 0.05) is 36.6 Å². The number of carbonyl (C=O) groups is 2. The largest absolute Gasteiger partial charge is 0.338 e. The molecule has 0 radical (unpaired) electrons. The Morgan fingerprint density at radius 1 is 0.560 bits per heavy atom. The van der Waals surface area contributed by atoms with E-state index in [1.165, 1.54) is 50.7 Å². The second kappa shape index (κ2) is 24.4. The van der Waals surface area contributed by atoms with Crippen molar-refractivity contribution in [3.05, 3.63) is 44.2 Å². The van der Waals surface area contributed by atoms with Crippen LogP contribution in [0.5, 0.6) is 0 Å². The van der Waals surface area contributed by atoms with Gasteiger partial charge in [-0.05, 0) is 62.2 Å². The Hall–Kier alpha value is -3.70. The minimum atomic E-state index is -0.412. The zero-order valence-electron chi connectivity index (χ0n) is 31.7. The molecule has 2 heterocycles. The zero-order chi connectivity index (χ0) is 36.7. The van der Waals surface area contributed by atoms with Crippen LogP contribution in [-0.2, 0) is 12.8 Å². The van der Waals surface area contributed by atoms with Gasteiger partial charge in [0.15, 0.2) is 0 Å². The summed E-state index contributed by atoms with van der Waals surface area (Å²) in [5.41, 5.74) is 0.807. The van der Waals surface area contributed by atoms with Crippen molar-refractivity contribution in [2.45, 2.75) is 144 Å². The Balaban J connectivity index is 1.57. The van der Waals surface area contributed by atoms with Crippen molar-refractivity contribution in [2.24, 2.45) is 23.7 Å². The van der Waals surface area contributed by atoms with Crippen molar-refractivity contribution in [1.29, 1.82) is 0 Å². The van der Waals surface area contributed by atoms with Crippen molar-refractivity contribution < 1.29 is 9.59 Å². The summed E-state index contributed by atoms with van der Waals surface area (Å²) in [5, 5.41) is 10.9. The first-order chi connectivity index (χ1) is 23.9. The molecule has 2 atom stereocenters. The predicted molar refractivity (Wildman–Crippen MR) is 204 cm³/mol. The smallest absolute Gasteiger partial charge is 0.321 e. The van der Waals surface area contributed by atoms with Crippen LogP contribution >= 0.6 is 0 Å². The summed E-state index contributed by atoms with van der Waals surface area (Å²) in [4.78, 5) is 63.0. The molecule has 2 unspecified atom stereocenters. The number of hydrogen-bond acceptors (Lipinski definition) is 6. The Kier molecular flexibility index (Phi) is 20.8. The lowest BCUT2D eigenvalue weighted by Crippen LogP contribution is -2.31. The molecule has 0 aliphatic rings. The number of amides is 4. The standard InChI is InChI=1S/C38H66N8O4/c1-27(2)15-11-17-29(5)19-13-21-31-25-33(47)43-35(41-31)45-37(49)39-23-9-7-8-10-24-40-38(50)46-36-42-32(26-34(48)44-36)22-14-20-30(6)18-12-16-28(3)4/h25-30H,7-24H2,1-6H3,(H3,39,41,43,45,47,49)(H3,40,42,44,46,48,50). The van der Waals surface area contributed by atoms with Gasteiger partial charge in [0.1, 0.15) is 0 Å². The lowest BCUT2D eigenvalue weighted by atomic mass is 9.95. The monoisotopic (exact) mass is 699 g/mol. The molecule has 2 rings (SSSR count). The molecule has 4 amide bonds. The first-order valence-corrected chi connectivity index (χ1v) is 19.2. The first-order valence-electron chi connectivity index (χ1n) is 19.2. The zero-order valence-corrected chi connectivity index (χ0v) is 31.7. The second-order valence-corrected chi connectivity index (χ2v) is 15.0. The number of H-pyrrole nitrogens is 2. The lowest BCUT2D eigenvalue weighted by Gasteiger charge is -2.12. The average Bonchev–Trinajstić information content (AvgIpc) is 3.01. The summed E-state index contributed by atoms with van der Waals surface area (Å²) in [6.45, 7) is 14.5. The third kappa shape index (κ3) is 20.7. The lowest BCUT2D eigenvalue weighted by molar-refractivity contribution is 0.250. The summed E-state index contributed by atoms with van der Waals surface area (Å²) in [6, 6.07) is 2.17. The molecule has 282 valence electrons. The molecule has 50 heavy (non-hydrogen) atoms. The quantitative estimate of drug-likeness (QED) is 0.0575. The van der Waals surface area contributed by atoms with E-state index in [1.54, 1.807) is 0 Å². The molecule has 2 aromatic rings. The van der Waals surface area contributed by atoms with Gasteiger partial charge in [-0.3, -0.25) is 30.2 Å². The number of carbonyl (C=O) groups excluding carboxylic acids is 2. The Morgan fingerprint density at radius 3 is 1.32 bits per heavy atom. The minimum Gasteiger partial charge on any atom is -0.338 e. The van der Waals surface area contributed by atoms with Crippen LogP contribution in [0.4, 0.5) is 21.5 Å². The summed E-state index contributed by atoms with van der Waals surface area (Å²) in [7, 11) is 0. The minimum absolute atomic E-state index is 0.155. The number of aromatic amines is 2. The number of anilines is 2. The number of aryl methyl sites for hydroxylation is 2. The number of hydrogen-bond donors (Lipinski definition) is 6. The van der Waals surface area contributed by atoms with Gasteiger partial charge in [-0.25, -0.2) is 19.6 Å². The molecule has 0 saturated carbocycles. The van der Waals surface area contributed by atoms with Crippen LogP contribution < -0.4 is 32.4 Å². The summed E-state index contributed by atoms with van der Waals surface area (Å²) in [5.74, 6) is 3.08. The normalized spacial score (nSPS) is 12.6. The van der Waals surface area contributed by atoms with E-state index in [0.29, 0.717) is 49.2 Å². The molecule has 0 aromatic carbocycles. The second-order valence-electron chi connectivity index (χ2n) is 15.0. The van der Waals surface area contributed by atoms with Crippen LogP contribution in [0.25, 0.3) is 0 Å². The fraction of sp³-hybridized carbons (Fsp3) is 0.737. The third-order valence-corrected chi connectivity index (χ3v) is 8.94. The summed E-state index contributed by atoms with van der Waals surface area (Å²) in [6.07, 6.45) is 16.2. The number of aromatic nitrogens is 4. The highest BCUT2D eigenvalue weighted by Gasteiger charge is 2.10. The molecule has 12 heteroatoms. The molecule has 0 aliphatic carbocycles. The van der Waals surface area contributed by atoms with Crippen molar-refractivity contribution in [1.82, 2.24) is 30.6 Å². The maximum Gasteiger partial charge on any atom is 0.321 e. The van der Waals surface area contributed by atoms with E-state index < -0.39 is 12.1 Å². The van der Waals surface area contributed by atoms with Crippen LogP contribution in [0.1, 0.15) is 143 Å². The molecule has 0 spiro atoms. The Morgan fingerprint density at radius 2 is 0.940 bits per heavy atom. The van der Waals surface area contributed by atoms with Crippen LogP contribution in [0, 0.1) is 23.7 Å². The van der Waals surface area contributed by atoms with Crippen LogP contribution in [0.2, 0.25) is 0 Å². The van der Waals surface area contributed by atoms with E-state index in [4.69, 9.17) is 0 Å². The van der Waals surface area contributed by atoms with E-state index in [2.05, 4.69) is 82.7 Å². The molecule has 0 bridgehead atoms. The molecule has 0 fully saturated rings. The average molecular weight is 699 g/mol. The van der Waals surface area contributed by atoms with Crippen molar-refractivity contribution in [3.63, 3.8) is 0 Å². The van der Waals surface area contributed by atoms with Crippen molar-refractivity contribution in [2.75, 3.05) is 23.7 Å².